The number of hydrogen-bond acceptors (Lipinski definition) is 8. The monoisotopic (exact) mass is 330 g/mol. The normalized spacial score (nSPS) is 10.7. The van der Waals surface area contributed by atoms with Gasteiger partial charge in [-0.25, -0.2) is 4.79 Å². The topological polar surface area (TPSA) is 104 Å². The molecule has 2 aromatic heterocycles. The van der Waals surface area contributed by atoms with Crippen molar-refractivity contribution in [2.45, 2.75) is 20.0 Å². The van der Waals surface area contributed by atoms with Crippen LogP contribution in [0.15, 0.2) is 34.7 Å². The number of nitrogens with zero attached hydrogens (tertiary/aromatic N) is 3. The highest BCUT2D eigenvalue weighted by Crippen LogP contribution is 2.31. The minimum Gasteiger partial charge on any atom is -0.451 e. The summed E-state index contributed by atoms with van der Waals surface area (Å²) in [4.78, 5) is 12.4. The molecular formula is C15H14N4O3S. The SMILES string of the molecule is CCc1nnc(COC(=O)c2snc(-c3ccccc3)c2N)o1. The first-order valence-corrected chi connectivity index (χ1v) is 7.75. The van der Waals surface area contributed by atoms with E-state index in [0.29, 0.717) is 23.7 Å². The first-order valence-electron chi connectivity index (χ1n) is 6.98. The maximum Gasteiger partial charge on any atom is 0.352 e. The quantitative estimate of drug-likeness (QED) is 0.717. The lowest BCUT2D eigenvalue weighted by Crippen LogP contribution is -2.06. The van der Waals surface area contributed by atoms with Crippen molar-refractivity contribution in [3.05, 3.63) is 47.0 Å². The van der Waals surface area contributed by atoms with E-state index in [-0.39, 0.29) is 17.4 Å². The molecule has 1 aromatic carbocycles. The van der Waals surface area contributed by atoms with E-state index in [1.54, 1.807) is 0 Å². The van der Waals surface area contributed by atoms with Gasteiger partial charge in [-0.1, -0.05) is 37.3 Å². The molecular weight excluding hydrogens is 316 g/mol. The van der Waals surface area contributed by atoms with E-state index in [4.69, 9.17) is 14.9 Å². The molecule has 8 heteroatoms. The van der Waals surface area contributed by atoms with E-state index in [1.807, 2.05) is 37.3 Å². The molecule has 2 heterocycles. The van der Waals surface area contributed by atoms with Crippen LogP contribution in [0.1, 0.15) is 28.4 Å². The molecule has 0 fully saturated rings. The first-order chi connectivity index (χ1) is 11.2. The number of nitrogens with two attached hydrogens (primary N) is 1. The summed E-state index contributed by atoms with van der Waals surface area (Å²) in [5.41, 5.74) is 7.77. The molecule has 0 amide bonds. The fourth-order valence-electron chi connectivity index (χ4n) is 1.93. The van der Waals surface area contributed by atoms with Crippen molar-refractivity contribution >= 4 is 23.2 Å². The van der Waals surface area contributed by atoms with Crippen LogP contribution in [0.2, 0.25) is 0 Å². The average Bonchev–Trinajstić information content (AvgIpc) is 3.20. The van der Waals surface area contributed by atoms with Gasteiger partial charge in [0.1, 0.15) is 5.69 Å². The molecule has 0 bridgehead atoms. The third kappa shape index (κ3) is 3.21. The Bertz CT molecular complexity index is 813. The van der Waals surface area contributed by atoms with Gasteiger partial charge in [0, 0.05) is 12.0 Å². The molecule has 0 radical (unpaired) electrons. The van der Waals surface area contributed by atoms with Gasteiger partial charge >= 0.3 is 5.97 Å². The number of benzene rings is 1. The van der Waals surface area contributed by atoms with Gasteiger partial charge in [-0.05, 0) is 11.5 Å². The number of esters is 1. The summed E-state index contributed by atoms with van der Waals surface area (Å²) in [5.74, 6) is 0.194. The Balaban J connectivity index is 1.72. The predicted octanol–water partition coefficient (Wildman–Crippen LogP) is 2.69. The zero-order chi connectivity index (χ0) is 16.2. The van der Waals surface area contributed by atoms with Gasteiger partial charge in [0.25, 0.3) is 5.89 Å². The molecule has 7 nitrogen and oxygen atoms in total. The lowest BCUT2D eigenvalue weighted by molar-refractivity contribution is 0.0443. The van der Waals surface area contributed by atoms with Crippen molar-refractivity contribution in [2.75, 3.05) is 5.73 Å². The molecule has 0 aliphatic rings. The Labute approximate surface area is 136 Å². The maximum absolute atomic E-state index is 12.1. The highest BCUT2D eigenvalue weighted by Gasteiger charge is 2.20. The van der Waals surface area contributed by atoms with E-state index < -0.39 is 5.97 Å². The number of aromatic nitrogens is 3. The second-order valence-corrected chi connectivity index (χ2v) is 5.43. The van der Waals surface area contributed by atoms with Gasteiger partial charge in [-0.2, -0.15) is 4.37 Å². The van der Waals surface area contributed by atoms with Crippen molar-refractivity contribution < 1.29 is 13.9 Å². The van der Waals surface area contributed by atoms with Crippen molar-refractivity contribution in [3.8, 4) is 11.3 Å². The molecule has 0 spiro atoms. The Morgan fingerprint density at radius 3 is 2.70 bits per heavy atom. The summed E-state index contributed by atoms with van der Waals surface area (Å²) in [6.45, 7) is 1.80. The number of aryl methyl sites for hydroxylation is 1. The molecule has 3 aromatic rings. The van der Waals surface area contributed by atoms with Crippen LogP contribution in [0, 0.1) is 0 Å². The Kier molecular flexibility index (Phi) is 4.33. The van der Waals surface area contributed by atoms with Gasteiger partial charge < -0.3 is 14.9 Å². The van der Waals surface area contributed by atoms with Crippen LogP contribution in [0.25, 0.3) is 11.3 Å². The largest absolute Gasteiger partial charge is 0.451 e. The fourth-order valence-corrected chi connectivity index (χ4v) is 2.65. The van der Waals surface area contributed by atoms with Crippen LogP contribution in [-0.2, 0) is 17.8 Å². The van der Waals surface area contributed by atoms with Crippen LogP contribution in [0.3, 0.4) is 0 Å². The summed E-state index contributed by atoms with van der Waals surface area (Å²) in [6, 6.07) is 9.42. The second kappa shape index (κ2) is 6.57. The first kappa shape index (κ1) is 15.2. The minimum absolute atomic E-state index is 0.0934. The maximum atomic E-state index is 12.1. The smallest absolute Gasteiger partial charge is 0.352 e. The van der Waals surface area contributed by atoms with Crippen LogP contribution in [-0.4, -0.2) is 20.5 Å². The van der Waals surface area contributed by atoms with E-state index in [1.165, 1.54) is 0 Å². The fraction of sp³-hybridized carbons (Fsp3) is 0.200. The van der Waals surface area contributed by atoms with Crippen molar-refractivity contribution in [3.63, 3.8) is 0 Å². The minimum atomic E-state index is -0.557. The summed E-state index contributed by atoms with van der Waals surface area (Å²) in [5, 5.41) is 7.59. The number of carbonyl (C=O) groups excluding carboxylic acids is 1. The molecule has 3 rings (SSSR count). The summed E-state index contributed by atoms with van der Waals surface area (Å²) >= 11 is 1.01. The molecule has 0 unspecified atom stereocenters. The van der Waals surface area contributed by atoms with Crippen LogP contribution >= 0.6 is 11.5 Å². The predicted molar refractivity (Wildman–Crippen MR) is 84.8 cm³/mol. The lowest BCUT2D eigenvalue weighted by atomic mass is 10.1. The van der Waals surface area contributed by atoms with E-state index >= 15 is 0 Å². The Morgan fingerprint density at radius 1 is 1.26 bits per heavy atom. The molecule has 0 aliphatic heterocycles. The number of carbonyl (C=O) groups is 1. The molecule has 23 heavy (non-hydrogen) atoms. The average molecular weight is 330 g/mol. The lowest BCUT2D eigenvalue weighted by Gasteiger charge is -2.01. The van der Waals surface area contributed by atoms with Crippen LogP contribution < -0.4 is 5.73 Å². The van der Waals surface area contributed by atoms with Crippen LogP contribution in [0.4, 0.5) is 5.69 Å². The summed E-state index contributed by atoms with van der Waals surface area (Å²) < 4.78 is 14.7. The van der Waals surface area contributed by atoms with Gasteiger partial charge in [-0.15, -0.1) is 10.2 Å². The highest BCUT2D eigenvalue weighted by atomic mass is 32.1. The molecule has 0 atom stereocenters. The zero-order valence-electron chi connectivity index (χ0n) is 12.4. The van der Waals surface area contributed by atoms with Gasteiger partial charge in [-0.3, -0.25) is 0 Å². The number of anilines is 1. The standard InChI is InChI=1S/C15H14N4O3S/c1-2-10-17-18-11(22-10)8-21-15(20)14-12(16)13(19-23-14)9-6-4-3-5-7-9/h3-7H,2,8,16H2,1H3. The van der Waals surface area contributed by atoms with E-state index in [2.05, 4.69) is 14.6 Å². The van der Waals surface area contributed by atoms with E-state index in [0.717, 1.165) is 17.1 Å². The number of rotatable bonds is 5. The third-order valence-electron chi connectivity index (χ3n) is 3.10. The van der Waals surface area contributed by atoms with Gasteiger partial charge in [0.05, 0.1) is 5.69 Å². The van der Waals surface area contributed by atoms with Gasteiger partial charge in [0.15, 0.2) is 11.5 Å². The number of hydrogen-bond donors (Lipinski definition) is 1. The van der Waals surface area contributed by atoms with E-state index in [9.17, 15) is 4.79 Å². The zero-order valence-corrected chi connectivity index (χ0v) is 13.2. The summed E-state index contributed by atoms with van der Waals surface area (Å²) in [6.07, 6.45) is 0.628. The molecule has 118 valence electrons. The number of nitrogen functional groups attached to an aromatic ring is 1. The van der Waals surface area contributed by atoms with Crippen molar-refractivity contribution in [2.24, 2.45) is 0 Å². The summed E-state index contributed by atoms with van der Waals surface area (Å²) in [7, 11) is 0. The van der Waals surface area contributed by atoms with Crippen LogP contribution in [0.5, 0.6) is 0 Å². The second-order valence-electron chi connectivity index (χ2n) is 4.66. The Hall–Kier alpha value is -2.74. The molecule has 2 N–H and O–H groups in total. The molecule has 0 saturated carbocycles. The van der Waals surface area contributed by atoms with Crippen molar-refractivity contribution in [1.82, 2.24) is 14.6 Å². The molecule has 0 saturated heterocycles. The number of ether oxygens (including phenoxy) is 1. The third-order valence-corrected chi connectivity index (χ3v) is 3.94. The highest BCUT2D eigenvalue weighted by molar-refractivity contribution is 7.09. The molecule has 0 aliphatic carbocycles. The van der Waals surface area contributed by atoms with Gasteiger partial charge in [0.2, 0.25) is 5.89 Å². The Morgan fingerprint density at radius 2 is 2.00 bits per heavy atom. The van der Waals surface area contributed by atoms with Crippen molar-refractivity contribution in [1.29, 1.82) is 0 Å².